The molecule has 1 aliphatic heterocycles. The van der Waals surface area contributed by atoms with Gasteiger partial charge in [0.25, 0.3) is 0 Å². The molecule has 0 spiro atoms. The Kier molecular flexibility index (Phi) is 4.26. The molecule has 1 aliphatic rings. The molecule has 2 rings (SSSR count). The molecule has 1 unspecified atom stereocenters. The third-order valence-electron chi connectivity index (χ3n) is 4.40. The minimum atomic E-state index is -0.698. The molecule has 1 aromatic rings. The van der Waals surface area contributed by atoms with Crippen LogP contribution in [0.4, 0.5) is 5.69 Å². The van der Waals surface area contributed by atoms with Crippen LogP contribution in [0.15, 0.2) is 23.2 Å². The number of aliphatic imine (C=N–C) groups is 1. The van der Waals surface area contributed by atoms with Crippen molar-refractivity contribution in [2.75, 3.05) is 0 Å². The van der Waals surface area contributed by atoms with Crippen molar-refractivity contribution in [1.29, 1.82) is 0 Å². The van der Waals surface area contributed by atoms with Gasteiger partial charge >= 0.3 is 5.97 Å². The molecule has 0 aliphatic carbocycles. The van der Waals surface area contributed by atoms with E-state index in [2.05, 4.69) is 39.0 Å². The Balaban J connectivity index is 2.01. The number of carboxylic acid groups (broad SMARTS) is 1. The number of hydrogen-bond acceptors (Lipinski definition) is 2. The van der Waals surface area contributed by atoms with Crippen LogP contribution in [-0.2, 0) is 10.2 Å². The molecule has 1 aromatic carbocycles. The molecule has 3 heteroatoms. The van der Waals surface area contributed by atoms with Crippen LogP contribution >= 0.6 is 0 Å². The van der Waals surface area contributed by atoms with Crippen LogP contribution in [0.3, 0.4) is 0 Å². The molecule has 0 bridgehead atoms. The second-order valence-corrected chi connectivity index (χ2v) is 6.00. The first-order valence-corrected chi connectivity index (χ1v) is 7.32. The number of fused-ring (bicyclic) bond motifs is 1. The maximum absolute atomic E-state index is 10.5. The average molecular weight is 273 g/mol. The summed E-state index contributed by atoms with van der Waals surface area (Å²) in [5.74, 6) is -0.698. The number of carboxylic acids is 1. The van der Waals surface area contributed by atoms with Gasteiger partial charge in [-0.05, 0) is 43.9 Å². The molecular weight excluding hydrogens is 250 g/mol. The van der Waals surface area contributed by atoms with E-state index in [1.54, 1.807) is 0 Å². The van der Waals surface area contributed by atoms with Crippen molar-refractivity contribution in [2.45, 2.75) is 58.3 Å². The number of benzene rings is 1. The molecular formula is C17H23NO2. The van der Waals surface area contributed by atoms with Crippen molar-refractivity contribution in [3.63, 3.8) is 0 Å². The third-order valence-corrected chi connectivity index (χ3v) is 4.40. The fraction of sp³-hybridized carbons (Fsp3) is 0.529. The van der Waals surface area contributed by atoms with Gasteiger partial charge in [0.05, 0.1) is 5.69 Å². The second kappa shape index (κ2) is 5.78. The van der Waals surface area contributed by atoms with Gasteiger partial charge in [0.15, 0.2) is 0 Å². The fourth-order valence-corrected chi connectivity index (χ4v) is 2.95. The largest absolute Gasteiger partial charge is 0.481 e. The first-order chi connectivity index (χ1) is 9.43. The quantitative estimate of drug-likeness (QED) is 0.781. The van der Waals surface area contributed by atoms with Crippen molar-refractivity contribution in [3.05, 3.63) is 29.3 Å². The molecule has 1 heterocycles. The first kappa shape index (κ1) is 14.8. The number of rotatable bonds is 6. The van der Waals surface area contributed by atoms with E-state index in [0.29, 0.717) is 0 Å². The summed E-state index contributed by atoms with van der Waals surface area (Å²) >= 11 is 0. The molecule has 1 N–H and O–H groups in total. The Labute approximate surface area is 120 Å². The highest BCUT2D eigenvalue weighted by Crippen LogP contribution is 2.43. The van der Waals surface area contributed by atoms with Gasteiger partial charge in [-0.2, -0.15) is 0 Å². The number of aryl methyl sites for hydroxylation is 1. The van der Waals surface area contributed by atoms with Crippen LogP contribution in [-0.4, -0.2) is 16.8 Å². The van der Waals surface area contributed by atoms with Crippen molar-refractivity contribution in [1.82, 2.24) is 0 Å². The summed E-state index contributed by atoms with van der Waals surface area (Å²) < 4.78 is 0. The molecule has 1 atom stereocenters. The standard InChI is InChI=1S/C17H23NO2/c1-12-8-9-14-15(11-12)18-13(2)17(14,3)10-6-4-5-7-16(19)20/h8-9,11H,4-7,10H2,1-3H3,(H,19,20). The molecule has 0 fully saturated rings. The molecule has 0 saturated heterocycles. The molecule has 0 amide bonds. The minimum Gasteiger partial charge on any atom is -0.481 e. The second-order valence-electron chi connectivity index (χ2n) is 6.00. The molecule has 20 heavy (non-hydrogen) atoms. The lowest BCUT2D eigenvalue weighted by atomic mass is 9.75. The molecule has 0 aromatic heterocycles. The smallest absolute Gasteiger partial charge is 0.303 e. The van der Waals surface area contributed by atoms with Crippen molar-refractivity contribution >= 4 is 17.4 Å². The van der Waals surface area contributed by atoms with E-state index < -0.39 is 5.97 Å². The summed E-state index contributed by atoms with van der Waals surface area (Å²) in [7, 11) is 0. The number of unbranched alkanes of at least 4 members (excludes halogenated alkanes) is 2. The van der Waals surface area contributed by atoms with E-state index in [-0.39, 0.29) is 11.8 Å². The predicted octanol–water partition coefficient (Wildman–Crippen LogP) is 4.39. The highest BCUT2D eigenvalue weighted by molar-refractivity contribution is 5.99. The van der Waals surface area contributed by atoms with Crippen LogP contribution in [0.25, 0.3) is 0 Å². The van der Waals surface area contributed by atoms with Gasteiger partial charge in [-0.1, -0.05) is 31.9 Å². The van der Waals surface area contributed by atoms with E-state index >= 15 is 0 Å². The Morgan fingerprint density at radius 2 is 2.00 bits per heavy atom. The Morgan fingerprint density at radius 3 is 2.70 bits per heavy atom. The molecule has 0 saturated carbocycles. The monoisotopic (exact) mass is 273 g/mol. The Bertz CT molecular complexity index is 548. The minimum absolute atomic E-state index is 0.0201. The Hall–Kier alpha value is -1.64. The van der Waals surface area contributed by atoms with Gasteiger partial charge in [-0.3, -0.25) is 9.79 Å². The third kappa shape index (κ3) is 2.92. The van der Waals surface area contributed by atoms with E-state index in [1.807, 2.05) is 0 Å². The van der Waals surface area contributed by atoms with Gasteiger partial charge in [-0.15, -0.1) is 0 Å². The van der Waals surface area contributed by atoms with E-state index in [9.17, 15) is 4.79 Å². The van der Waals surface area contributed by atoms with Crippen LogP contribution in [0.1, 0.15) is 57.1 Å². The summed E-state index contributed by atoms with van der Waals surface area (Å²) in [6.45, 7) is 6.45. The van der Waals surface area contributed by atoms with Crippen LogP contribution < -0.4 is 0 Å². The van der Waals surface area contributed by atoms with Gasteiger partial charge < -0.3 is 5.11 Å². The van der Waals surface area contributed by atoms with Crippen LogP contribution in [0.2, 0.25) is 0 Å². The maximum atomic E-state index is 10.5. The average Bonchev–Trinajstić information content (AvgIpc) is 2.60. The Morgan fingerprint density at radius 1 is 1.25 bits per heavy atom. The number of aliphatic carboxylic acids is 1. The lowest BCUT2D eigenvalue weighted by molar-refractivity contribution is -0.137. The lowest BCUT2D eigenvalue weighted by Gasteiger charge is -2.26. The number of hydrogen-bond donors (Lipinski definition) is 1. The maximum Gasteiger partial charge on any atom is 0.303 e. The number of nitrogens with zero attached hydrogens (tertiary/aromatic N) is 1. The predicted molar refractivity (Wildman–Crippen MR) is 82.0 cm³/mol. The first-order valence-electron chi connectivity index (χ1n) is 7.32. The topological polar surface area (TPSA) is 49.7 Å². The van der Waals surface area contributed by atoms with Gasteiger partial charge in [-0.25, -0.2) is 0 Å². The zero-order valence-electron chi connectivity index (χ0n) is 12.6. The van der Waals surface area contributed by atoms with E-state index in [1.165, 1.54) is 16.8 Å². The van der Waals surface area contributed by atoms with Gasteiger partial charge in [0.1, 0.15) is 0 Å². The van der Waals surface area contributed by atoms with Crippen LogP contribution in [0.5, 0.6) is 0 Å². The molecule has 3 nitrogen and oxygen atoms in total. The zero-order chi connectivity index (χ0) is 14.8. The summed E-state index contributed by atoms with van der Waals surface area (Å²) in [6, 6.07) is 6.49. The highest BCUT2D eigenvalue weighted by atomic mass is 16.4. The zero-order valence-corrected chi connectivity index (χ0v) is 12.6. The summed E-state index contributed by atoms with van der Waals surface area (Å²) in [5, 5.41) is 8.65. The van der Waals surface area contributed by atoms with Crippen LogP contribution in [0, 0.1) is 6.92 Å². The summed E-state index contributed by atoms with van der Waals surface area (Å²) in [5.41, 5.74) is 4.86. The summed E-state index contributed by atoms with van der Waals surface area (Å²) in [6.07, 6.45) is 4.10. The van der Waals surface area contributed by atoms with Gasteiger partial charge in [0, 0.05) is 17.5 Å². The van der Waals surface area contributed by atoms with E-state index in [4.69, 9.17) is 10.1 Å². The highest BCUT2D eigenvalue weighted by Gasteiger charge is 2.35. The summed E-state index contributed by atoms with van der Waals surface area (Å²) in [4.78, 5) is 15.2. The van der Waals surface area contributed by atoms with E-state index in [0.717, 1.165) is 31.4 Å². The molecule has 108 valence electrons. The fourth-order valence-electron chi connectivity index (χ4n) is 2.95. The lowest BCUT2D eigenvalue weighted by Crippen LogP contribution is -2.27. The van der Waals surface area contributed by atoms with Crippen molar-refractivity contribution in [2.24, 2.45) is 4.99 Å². The molecule has 0 radical (unpaired) electrons. The van der Waals surface area contributed by atoms with Gasteiger partial charge in [0.2, 0.25) is 0 Å². The normalized spacial score (nSPS) is 20.6. The number of carbonyl (C=O) groups is 1. The SMILES string of the molecule is CC1=Nc2cc(C)ccc2C1(C)CCCCCC(=O)O. The van der Waals surface area contributed by atoms with Crippen molar-refractivity contribution < 1.29 is 9.90 Å². The van der Waals surface area contributed by atoms with Crippen molar-refractivity contribution in [3.8, 4) is 0 Å².